The fourth-order valence-corrected chi connectivity index (χ4v) is 2.49. The van der Waals surface area contributed by atoms with Gasteiger partial charge in [-0.2, -0.15) is 0 Å². The van der Waals surface area contributed by atoms with Crippen molar-refractivity contribution >= 4 is 0 Å². The molecular formula is C10H22N+. The van der Waals surface area contributed by atoms with Gasteiger partial charge < -0.3 is 4.48 Å². The minimum absolute atomic E-state index is 0.780. The number of nitrogens with zero attached hydrogens (tertiary/aromatic N) is 1. The van der Waals surface area contributed by atoms with Gasteiger partial charge in [0, 0.05) is 12.8 Å². The Morgan fingerprint density at radius 1 is 1.09 bits per heavy atom. The first-order chi connectivity index (χ1) is 4.99. The van der Waals surface area contributed by atoms with Crippen LogP contribution in [0.1, 0.15) is 40.5 Å². The van der Waals surface area contributed by atoms with E-state index in [0.29, 0.717) is 0 Å². The lowest BCUT2D eigenvalue weighted by Crippen LogP contribution is -2.55. The molecule has 1 saturated heterocycles. The van der Waals surface area contributed by atoms with Crippen molar-refractivity contribution in [1.82, 2.24) is 0 Å². The minimum Gasteiger partial charge on any atom is -0.320 e. The molecule has 1 heteroatoms. The third-order valence-electron chi connectivity index (χ3n) is 4.01. The number of hydrogen-bond donors (Lipinski definition) is 0. The predicted octanol–water partition coefficient (Wildman–Crippen LogP) is 2.41. The van der Waals surface area contributed by atoms with Gasteiger partial charge in [0.15, 0.2) is 0 Å². The summed E-state index contributed by atoms with van der Waals surface area (Å²) in [6.07, 6.45) is 2.83. The fourth-order valence-electron chi connectivity index (χ4n) is 2.49. The summed E-state index contributed by atoms with van der Waals surface area (Å²) in [6.45, 7) is 9.48. The average Bonchev–Trinajstić information content (AvgIpc) is 2.18. The van der Waals surface area contributed by atoms with Crippen molar-refractivity contribution in [3.63, 3.8) is 0 Å². The van der Waals surface area contributed by atoms with Gasteiger partial charge in [-0.1, -0.05) is 0 Å². The molecule has 0 unspecified atom stereocenters. The van der Waals surface area contributed by atoms with Gasteiger partial charge in [0.25, 0.3) is 0 Å². The molecule has 0 bridgehead atoms. The quantitative estimate of drug-likeness (QED) is 0.511. The monoisotopic (exact) mass is 156 g/mol. The van der Waals surface area contributed by atoms with Crippen LogP contribution >= 0.6 is 0 Å². The second kappa shape index (κ2) is 2.78. The highest BCUT2D eigenvalue weighted by atomic mass is 15.4. The average molecular weight is 156 g/mol. The first kappa shape index (κ1) is 9.05. The summed E-state index contributed by atoms with van der Waals surface area (Å²) in [7, 11) is 2.41. The van der Waals surface area contributed by atoms with Crippen LogP contribution in [0.2, 0.25) is 0 Å². The maximum Gasteiger partial charge on any atom is 0.0865 e. The van der Waals surface area contributed by atoms with E-state index in [0.717, 1.165) is 18.1 Å². The number of quaternary nitrogens is 1. The van der Waals surface area contributed by atoms with Crippen LogP contribution in [0, 0.1) is 0 Å². The zero-order valence-corrected chi connectivity index (χ0v) is 8.59. The van der Waals surface area contributed by atoms with E-state index in [4.69, 9.17) is 0 Å². The lowest BCUT2D eigenvalue weighted by molar-refractivity contribution is -0.959. The molecule has 0 amide bonds. The summed E-state index contributed by atoms with van der Waals surface area (Å²) >= 11 is 0. The second-order valence-electron chi connectivity index (χ2n) is 4.59. The molecule has 0 N–H and O–H groups in total. The third-order valence-corrected chi connectivity index (χ3v) is 4.01. The van der Waals surface area contributed by atoms with Crippen LogP contribution in [-0.2, 0) is 0 Å². The molecule has 11 heavy (non-hydrogen) atoms. The van der Waals surface area contributed by atoms with Crippen molar-refractivity contribution < 1.29 is 4.48 Å². The molecular weight excluding hydrogens is 134 g/mol. The number of rotatable bonds is 1. The smallest absolute Gasteiger partial charge is 0.0865 e. The van der Waals surface area contributed by atoms with Crippen LogP contribution in [0.5, 0.6) is 0 Å². The van der Waals surface area contributed by atoms with Gasteiger partial charge in [-0.15, -0.1) is 0 Å². The van der Waals surface area contributed by atoms with E-state index in [9.17, 15) is 0 Å². The van der Waals surface area contributed by atoms with Crippen molar-refractivity contribution in [3.8, 4) is 0 Å². The first-order valence-electron chi connectivity index (χ1n) is 4.85. The van der Waals surface area contributed by atoms with E-state index in [2.05, 4.69) is 34.7 Å². The lowest BCUT2D eigenvalue weighted by Gasteiger charge is -2.42. The maximum absolute atomic E-state index is 2.41. The summed E-state index contributed by atoms with van der Waals surface area (Å²) in [5.41, 5.74) is 0. The molecule has 1 heterocycles. The molecule has 0 aromatic carbocycles. The molecule has 1 nitrogen and oxygen atoms in total. The van der Waals surface area contributed by atoms with Crippen molar-refractivity contribution in [2.75, 3.05) is 7.05 Å². The van der Waals surface area contributed by atoms with Gasteiger partial charge in [-0.3, -0.25) is 0 Å². The number of hydrogen-bond acceptors (Lipinski definition) is 0. The van der Waals surface area contributed by atoms with Gasteiger partial charge in [-0.25, -0.2) is 0 Å². The van der Waals surface area contributed by atoms with E-state index in [1.54, 1.807) is 0 Å². The normalized spacial score (nSPS) is 36.5. The molecule has 1 aliphatic rings. The molecule has 1 rings (SSSR count). The van der Waals surface area contributed by atoms with Crippen LogP contribution in [0.4, 0.5) is 0 Å². The molecule has 1 aliphatic heterocycles. The summed E-state index contributed by atoms with van der Waals surface area (Å²) in [5.74, 6) is 0. The Labute approximate surface area is 71.0 Å². The molecule has 0 radical (unpaired) electrons. The van der Waals surface area contributed by atoms with Crippen molar-refractivity contribution in [2.45, 2.75) is 58.7 Å². The van der Waals surface area contributed by atoms with Crippen LogP contribution < -0.4 is 0 Å². The Hall–Kier alpha value is -0.0400. The first-order valence-corrected chi connectivity index (χ1v) is 4.85. The summed E-state index contributed by atoms with van der Waals surface area (Å²) in [6, 6.07) is 2.51. The van der Waals surface area contributed by atoms with Gasteiger partial charge in [0.1, 0.15) is 0 Å². The lowest BCUT2D eigenvalue weighted by atomic mass is 10.2. The number of likely N-dealkylation sites (tertiary alicyclic amines) is 1. The second-order valence-corrected chi connectivity index (χ2v) is 4.59. The molecule has 0 aromatic heterocycles. The van der Waals surface area contributed by atoms with Gasteiger partial charge in [0.05, 0.1) is 25.2 Å². The van der Waals surface area contributed by atoms with Crippen LogP contribution in [0.25, 0.3) is 0 Å². The highest BCUT2D eigenvalue weighted by Gasteiger charge is 2.42. The molecule has 0 aromatic rings. The van der Waals surface area contributed by atoms with Crippen molar-refractivity contribution in [2.24, 2.45) is 0 Å². The molecule has 1 fully saturated rings. The highest BCUT2D eigenvalue weighted by Crippen LogP contribution is 2.33. The molecule has 0 aliphatic carbocycles. The summed E-state index contributed by atoms with van der Waals surface area (Å²) < 4.78 is 1.28. The topological polar surface area (TPSA) is 0 Å². The standard InChI is InChI=1S/C10H22N/c1-8(2)11(5)9(3)6-7-10(11)4/h8-10H,6-7H2,1-5H3/q+1/t9-,10-/m1/s1. The van der Waals surface area contributed by atoms with Crippen LogP contribution in [0.3, 0.4) is 0 Å². The van der Waals surface area contributed by atoms with E-state index < -0.39 is 0 Å². The summed E-state index contributed by atoms with van der Waals surface area (Å²) in [5, 5.41) is 0. The van der Waals surface area contributed by atoms with Gasteiger partial charge in [-0.05, 0) is 27.7 Å². The minimum atomic E-state index is 0.780. The molecule has 0 spiro atoms. The zero-order valence-electron chi connectivity index (χ0n) is 8.59. The predicted molar refractivity (Wildman–Crippen MR) is 49.5 cm³/mol. The van der Waals surface area contributed by atoms with E-state index >= 15 is 0 Å². The molecule has 0 saturated carbocycles. The maximum atomic E-state index is 2.41. The Morgan fingerprint density at radius 3 is 1.64 bits per heavy atom. The third kappa shape index (κ3) is 1.20. The molecule has 66 valence electrons. The van der Waals surface area contributed by atoms with Crippen LogP contribution in [-0.4, -0.2) is 29.7 Å². The fraction of sp³-hybridized carbons (Fsp3) is 1.00. The van der Waals surface area contributed by atoms with Crippen molar-refractivity contribution in [1.29, 1.82) is 0 Å². The highest BCUT2D eigenvalue weighted by molar-refractivity contribution is 4.70. The van der Waals surface area contributed by atoms with Crippen LogP contribution in [0.15, 0.2) is 0 Å². The Balaban J connectivity index is 2.80. The van der Waals surface area contributed by atoms with E-state index in [1.165, 1.54) is 17.3 Å². The van der Waals surface area contributed by atoms with Crippen molar-refractivity contribution in [3.05, 3.63) is 0 Å². The van der Waals surface area contributed by atoms with E-state index in [-0.39, 0.29) is 0 Å². The Kier molecular flexibility index (Phi) is 2.29. The Morgan fingerprint density at radius 2 is 1.45 bits per heavy atom. The van der Waals surface area contributed by atoms with Gasteiger partial charge >= 0.3 is 0 Å². The van der Waals surface area contributed by atoms with Gasteiger partial charge in [0.2, 0.25) is 0 Å². The largest absolute Gasteiger partial charge is 0.320 e. The molecule has 2 atom stereocenters. The summed E-state index contributed by atoms with van der Waals surface area (Å²) in [4.78, 5) is 0. The zero-order chi connectivity index (χ0) is 8.65. The Bertz CT molecular complexity index is 130. The SMILES string of the molecule is CC(C)[N+]1(C)[C@H](C)CC[C@H]1C. The van der Waals surface area contributed by atoms with E-state index in [1.807, 2.05) is 0 Å².